The van der Waals surface area contributed by atoms with Crippen LogP contribution in [0.3, 0.4) is 0 Å². The van der Waals surface area contributed by atoms with Gasteiger partial charge in [-0.1, -0.05) is 35.9 Å². The molecule has 0 saturated carbocycles. The summed E-state index contributed by atoms with van der Waals surface area (Å²) < 4.78 is 5.16. The first-order valence-electron chi connectivity index (χ1n) is 6.94. The summed E-state index contributed by atoms with van der Waals surface area (Å²) in [5.41, 5.74) is 9.28. The van der Waals surface area contributed by atoms with Gasteiger partial charge in [0.1, 0.15) is 5.75 Å². The maximum atomic E-state index is 5.88. The summed E-state index contributed by atoms with van der Waals surface area (Å²) in [6.07, 6.45) is 0.876. The first kappa shape index (κ1) is 14.9. The van der Waals surface area contributed by atoms with Gasteiger partial charge in [0, 0.05) is 18.3 Å². The fraction of sp³-hybridized carbons (Fsp3) is 0.235. The Morgan fingerprint density at radius 3 is 2.67 bits per heavy atom. The lowest BCUT2D eigenvalue weighted by Gasteiger charge is -2.07. The molecule has 2 rings (SSSR count). The fourth-order valence-corrected chi connectivity index (χ4v) is 1.95. The summed E-state index contributed by atoms with van der Waals surface area (Å²) in [5.74, 6) is 1.20. The number of nitrogens with two attached hydrogens (primary N) is 1. The number of benzene rings is 2. The van der Waals surface area contributed by atoms with E-state index >= 15 is 0 Å². The summed E-state index contributed by atoms with van der Waals surface area (Å²) in [6, 6.07) is 16.0. The minimum absolute atomic E-state index is 0.412. The molecule has 0 unspecified atom stereocenters. The van der Waals surface area contributed by atoms with Crippen molar-refractivity contribution in [2.24, 2.45) is 10.7 Å². The van der Waals surface area contributed by atoms with Crippen molar-refractivity contribution in [1.82, 2.24) is 0 Å². The smallest absolute Gasteiger partial charge is 0.193 e. The molecular weight excluding hydrogens is 262 g/mol. The molecule has 3 N–H and O–H groups in total. The molecule has 0 aliphatic rings. The standard InChI is InChI=1S/C17H21N3O/c1-13-6-8-14(9-7-13)10-11-19-17(18)20-15-4-3-5-16(12-15)21-2/h3-9,12H,10-11H2,1-2H3,(H3,18,19,20). The molecule has 0 spiro atoms. The van der Waals surface area contributed by atoms with Gasteiger partial charge >= 0.3 is 0 Å². The molecule has 0 atom stereocenters. The van der Waals surface area contributed by atoms with Gasteiger partial charge in [-0.25, -0.2) is 0 Å². The normalized spacial score (nSPS) is 11.2. The van der Waals surface area contributed by atoms with Gasteiger partial charge in [-0.3, -0.25) is 4.99 Å². The molecule has 0 amide bonds. The van der Waals surface area contributed by atoms with Crippen LogP contribution in [-0.2, 0) is 6.42 Å². The first-order chi connectivity index (χ1) is 10.2. The van der Waals surface area contributed by atoms with Crippen molar-refractivity contribution in [3.05, 3.63) is 59.7 Å². The van der Waals surface area contributed by atoms with Gasteiger partial charge in [-0.15, -0.1) is 0 Å². The summed E-state index contributed by atoms with van der Waals surface area (Å²) in [7, 11) is 1.64. The van der Waals surface area contributed by atoms with Gasteiger partial charge < -0.3 is 15.8 Å². The van der Waals surface area contributed by atoms with Gasteiger partial charge in [-0.2, -0.15) is 0 Å². The van der Waals surface area contributed by atoms with E-state index in [2.05, 4.69) is 41.5 Å². The molecule has 110 valence electrons. The quantitative estimate of drug-likeness (QED) is 0.655. The van der Waals surface area contributed by atoms with Gasteiger partial charge in [0.2, 0.25) is 0 Å². The van der Waals surface area contributed by atoms with Crippen molar-refractivity contribution < 1.29 is 4.74 Å². The van der Waals surface area contributed by atoms with Gasteiger partial charge in [0.05, 0.1) is 7.11 Å². The maximum absolute atomic E-state index is 5.88. The van der Waals surface area contributed by atoms with Crippen molar-refractivity contribution in [3.63, 3.8) is 0 Å². The van der Waals surface area contributed by atoms with E-state index in [1.165, 1.54) is 11.1 Å². The van der Waals surface area contributed by atoms with Crippen LogP contribution in [0.2, 0.25) is 0 Å². The lowest BCUT2D eigenvalue weighted by Crippen LogP contribution is -2.23. The Labute approximate surface area is 125 Å². The average molecular weight is 283 g/mol. The predicted molar refractivity (Wildman–Crippen MR) is 88.0 cm³/mol. The second kappa shape index (κ2) is 7.33. The lowest BCUT2D eigenvalue weighted by molar-refractivity contribution is 0.415. The van der Waals surface area contributed by atoms with Crippen LogP contribution in [0.4, 0.5) is 5.69 Å². The van der Waals surface area contributed by atoms with E-state index in [1.807, 2.05) is 24.3 Å². The largest absolute Gasteiger partial charge is 0.497 e. The van der Waals surface area contributed by atoms with Crippen LogP contribution in [0.25, 0.3) is 0 Å². The summed E-state index contributed by atoms with van der Waals surface area (Å²) in [6.45, 7) is 2.74. The Kier molecular flexibility index (Phi) is 5.21. The van der Waals surface area contributed by atoms with E-state index in [9.17, 15) is 0 Å². The molecule has 0 aromatic heterocycles. The van der Waals surface area contributed by atoms with Crippen LogP contribution in [0, 0.1) is 6.92 Å². The van der Waals surface area contributed by atoms with E-state index in [0.29, 0.717) is 12.5 Å². The van der Waals surface area contributed by atoms with E-state index in [0.717, 1.165) is 17.9 Å². The zero-order chi connectivity index (χ0) is 15.1. The molecular formula is C17H21N3O. The number of aliphatic imine (C=N–C) groups is 1. The van der Waals surface area contributed by atoms with Crippen molar-refractivity contribution in [2.75, 3.05) is 19.0 Å². The molecule has 2 aromatic carbocycles. The second-order valence-electron chi connectivity index (χ2n) is 4.86. The van der Waals surface area contributed by atoms with E-state index in [4.69, 9.17) is 10.5 Å². The lowest BCUT2D eigenvalue weighted by atomic mass is 10.1. The Bertz CT molecular complexity index is 606. The second-order valence-corrected chi connectivity index (χ2v) is 4.86. The highest BCUT2D eigenvalue weighted by atomic mass is 16.5. The number of hydrogen-bond acceptors (Lipinski definition) is 2. The van der Waals surface area contributed by atoms with E-state index < -0.39 is 0 Å². The molecule has 4 nitrogen and oxygen atoms in total. The molecule has 0 aliphatic heterocycles. The Morgan fingerprint density at radius 2 is 1.95 bits per heavy atom. The molecule has 21 heavy (non-hydrogen) atoms. The third-order valence-corrected chi connectivity index (χ3v) is 3.15. The number of nitrogens with zero attached hydrogens (tertiary/aromatic N) is 1. The Morgan fingerprint density at radius 1 is 1.19 bits per heavy atom. The fourth-order valence-electron chi connectivity index (χ4n) is 1.95. The topological polar surface area (TPSA) is 59.6 Å². The first-order valence-corrected chi connectivity index (χ1v) is 6.94. The van der Waals surface area contributed by atoms with Gasteiger partial charge in [0.15, 0.2) is 5.96 Å². The van der Waals surface area contributed by atoms with Crippen molar-refractivity contribution in [1.29, 1.82) is 0 Å². The summed E-state index contributed by atoms with van der Waals surface area (Å²) >= 11 is 0. The maximum Gasteiger partial charge on any atom is 0.193 e. The summed E-state index contributed by atoms with van der Waals surface area (Å²) in [5, 5.41) is 3.06. The van der Waals surface area contributed by atoms with Crippen molar-refractivity contribution in [2.45, 2.75) is 13.3 Å². The highest BCUT2D eigenvalue weighted by Crippen LogP contribution is 2.16. The highest BCUT2D eigenvalue weighted by molar-refractivity contribution is 5.92. The zero-order valence-corrected chi connectivity index (χ0v) is 12.5. The van der Waals surface area contributed by atoms with Crippen LogP contribution >= 0.6 is 0 Å². The average Bonchev–Trinajstić information content (AvgIpc) is 2.49. The number of guanidine groups is 1. The molecule has 0 radical (unpaired) electrons. The number of ether oxygens (including phenoxy) is 1. The SMILES string of the molecule is COc1cccc(NC(N)=NCCc2ccc(C)cc2)c1. The third-order valence-electron chi connectivity index (χ3n) is 3.15. The monoisotopic (exact) mass is 283 g/mol. The molecule has 2 aromatic rings. The molecule has 0 fully saturated rings. The van der Waals surface area contributed by atoms with Crippen molar-refractivity contribution in [3.8, 4) is 5.75 Å². The molecule has 0 bridgehead atoms. The molecule has 0 saturated heterocycles. The van der Waals surface area contributed by atoms with E-state index in [-0.39, 0.29) is 0 Å². The van der Waals surface area contributed by atoms with E-state index in [1.54, 1.807) is 7.11 Å². The van der Waals surface area contributed by atoms with Crippen molar-refractivity contribution >= 4 is 11.6 Å². The number of anilines is 1. The van der Waals surface area contributed by atoms with Crippen LogP contribution in [0.1, 0.15) is 11.1 Å². The third kappa shape index (κ3) is 4.84. The number of methoxy groups -OCH3 is 1. The highest BCUT2D eigenvalue weighted by Gasteiger charge is 1.98. The molecule has 0 heterocycles. The Hall–Kier alpha value is -2.49. The van der Waals surface area contributed by atoms with Crippen LogP contribution in [0.5, 0.6) is 5.75 Å². The number of rotatable bonds is 5. The van der Waals surface area contributed by atoms with Crippen LogP contribution in [-0.4, -0.2) is 19.6 Å². The number of nitrogens with one attached hydrogen (secondary N) is 1. The number of hydrogen-bond donors (Lipinski definition) is 2. The molecule has 0 aliphatic carbocycles. The summed E-state index contributed by atoms with van der Waals surface area (Å²) in [4.78, 5) is 4.34. The number of aryl methyl sites for hydroxylation is 1. The Balaban J connectivity index is 1.87. The molecule has 4 heteroatoms. The minimum atomic E-state index is 0.412. The van der Waals surface area contributed by atoms with Crippen LogP contribution in [0.15, 0.2) is 53.5 Å². The van der Waals surface area contributed by atoms with Gasteiger partial charge in [0.25, 0.3) is 0 Å². The predicted octanol–water partition coefficient (Wildman–Crippen LogP) is 2.97. The van der Waals surface area contributed by atoms with Crippen LogP contribution < -0.4 is 15.8 Å². The minimum Gasteiger partial charge on any atom is -0.497 e. The zero-order valence-electron chi connectivity index (χ0n) is 12.5. The van der Waals surface area contributed by atoms with Gasteiger partial charge in [-0.05, 0) is 31.0 Å².